The number of para-hydroxylation sites is 2. The molecule has 2 heterocycles. The quantitative estimate of drug-likeness (QED) is 0.197. The van der Waals surface area contributed by atoms with Crippen LogP contribution >= 0.6 is 0 Å². The number of rotatable bonds is 9. The second kappa shape index (κ2) is 11.7. The molecular weight excluding hydrogens is 496 g/mol. The standard InChI is InChI=1S/C35H34N2O3/c1-39-28-18-16-26(17-19-28)24-37-25-33(31-14-5-6-15-34(31)37)32(23-35(38)36-20-7-8-21-36)27-10-9-13-30(22-27)40-29-11-3-2-4-12-29/h2-6,9-19,22,25,32H,7-8,20-21,23-24H2,1H3/t32-/m1/s1. The van der Waals surface area contributed by atoms with Crippen LogP contribution < -0.4 is 9.47 Å². The van der Waals surface area contributed by atoms with Crippen molar-refractivity contribution in [1.82, 2.24) is 9.47 Å². The summed E-state index contributed by atoms with van der Waals surface area (Å²) in [4.78, 5) is 15.6. The fraction of sp³-hybridized carbons (Fsp3) is 0.229. The van der Waals surface area contributed by atoms with Crippen LogP contribution in [0.4, 0.5) is 0 Å². The minimum atomic E-state index is -0.102. The number of fused-ring (bicyclic) bond motifs is 1. The van der Waals surface area contributed by atoms with Gasteiger partial charge in [-0.25, -0.2) is 0 Å². The van der Waals surface area contributed by atoms with E-state index in [4.69, 9.17) is 9.47 Å². The van der Waals surface area contributed by atoms with Gasteiger partial charge in [0.15, 0.2) is 0 Å². The molecule has 1 aromatic heterocycles. The molecule has 202 valence electrons. The molecule has 0 N–H and O–H groups in total. The number of benzene rings is 4. The van der Waals surface area contributed by atoms with E-state index in [-0.39, 0.29) is 11.8 Å². The molecule has 6 rings (SSSR count). The Morgan fingerprint density at radius 2 is 1.52 bits per heavy atom. The molecule has 1 atom stereocenters. The van der Waals surface area contributed by atoms with Crippen LogP contribution in [0.2, 0.25) is 0 Å². The van der Waals surface area contributed by atoms with Gasteiger partial charge in [-0.1, -0.05) is 60.7 Å². The monoisotopic (exact) mass is 530 g/mol. The smallest absolute Gasteiger partial charge is 0.223 e. The first-order valence-electron chi connectivity index (χ1n) is 14.0. The number of amides is 1. The van der Waals surface area contributed by atoms with E-state index in [1.54, 1.807) is 7.11 Å². The number of likely N-dealkylation sites (tertiary alicyclic amines) is 1. The van der Waals surface area contributed by atoms with Crippen LogP contribution in [0.5, 0.6) is 17.2 Å². The molecule has 40 heavy (non-hydrogen) atoms. The first-order valence-corrected chi connectivity index (χ1v) is 14.0. The summed E-state index contributed by atoms with van der Waals surface area (Å²) in [6.45, 7) is 2.43. The molecule has 1 aliphatic rings. The van der Waals surface area contributed by atoms with Crippen molar-refractivity contribution in [3.05, 3.63) is 126 Å². The molecule has 1 amide bonds. The van der Waals surface area contributed by atoms with Gasteiger partial charge in [-0.2, -0.15) is 0 Å². The minimum absolute atomic E-state index is 0.102. The van der Waals surface area contributed by atoms with Gasteiger partial charge in [0.2, 0.25) is 5.91 Å². The van der Waals surface area contributed by atoms with E-state index >= 15 is 0 Å². The van der Waals surface area contributed by atoms with Gasteiger partial charge >= 0.3 is 0 Å². The number of carbonyl (C=O) groups excluding carboxylic acids is 1. The van der Waals surface area contributed by atoms with Crippen LogP contribution in [0.1, 0.15) is 41.9 Å². The summed E-state index contributed by atoms with van der Waals surface area (Å²) in [7, 11) is 1.68. The predicted molar refractivity (Wildman–Crippen MR) is 159 cm³/mol. The molecule has 5 nitrogen and oxygen atoms in total. The highest BCUT2D eigenvalue weighted by Crippen LogP contribution is 2.37. The number of methoxy groups -OCH3 is 1. The highest BCUT2D eigenvalue weighted by Gasteiger charge is 2.27. The van der Waals surface area contributed by atoms with E-state index in [2.05, 4.69) is 59.3 Å². The second-order valence-corrected chi connectivity index (χ2v) is 10.4. The van der Waals surface area contributed by atoms with Crippen molar-refractivity contribution in [2.45, 2.75) is 31.7 Å². The number of ether oxygens (including phenoxy) is 2. The number of aromatic nitrogens is 1. The fourth-order valence-electron chi connectivity index (χ4n) is 5.71. The zero-order valence-corrected chi connectivity index (χ0v) is 22.8. The van der Waals surface area contributed by atoms with Crippen LogP contribution in [-0.2, 0) is 11.3 Å². The second-order valence-electron chi connectivity index (χ2n) is 10.4. The molecule has 1 aliphatic heterocycles. The highest BCUT2D eigenvalue weighted by molar-refractivity contribution is 5.87. The van der Waals surface area contributed by atoms with E-state index in [1.165, 1.54) is 10.9 Å². The Labute approximate surface area is 235 Å². The summed E-state index contributed by atoms with van der Waals surface area (Å²) in [6, 6.07) is 34.7. The van der Waals surface area contributed by atoms with Gasteiger partial charge in [-0.3, -0.25) is 4.79 Å². The average Bonchev–Trinajstić information content (AvgIpc) is 3.66. The summed E-state index contributed by atoms with van der Waals surface area (Å²) in [6.07, 6.45) is 4.82. The van der Waals surface area contributed by atoms with Crippen molar-refractivity contribution >= 4 is 16.8 Å². The largest absolute Gasteiger partial charge is 0.497 e. The lowest BCUT2D eigenvalue weighted by atomic mass is 9.87. The van der Waals surface area contributed by atoms with Crippen LogP contribution in [0.15, 0.2) is 109 Å². The summed E-state index contributed by atoms with van der Waals surface area (Å²) in [5, 5.41) is 1.17. The zero-order chi connectivity index (χ0) is 27.3. The van der Waals surface area contributed by atoms with E-state index in [1.807, 2.05) is 59.5 Å². The number of nitrogens with zero attached hydrogens (tertiary/aromatic N) is 2. The molecule has 0 radical (unpaired) electrons. The van der Waals surface area contributed by atoms with Gasteiger partial charge in [0, 0.05) is 49.1 Å². The molecule has 1 saturated heterocycles. The lowest BCUT2D eigenvalue weighted by molar-refractivity contribution is -0.130. The average molecular weight is 531 g/mol. The summed E-state index contributed by atoms with van der Waals surface area (Å²) in [5.74, 6) is 2.52. The zero-order valence-electron chi connectivity index (χ0n) is 22.8. The SMILES string of the molecule is COc1ccc(Cn2cc([C@H](CC(=O)N3CCCC3)c3cccc(Oc4ccccc4)c3)c3ccccc32)cc1. The number of carbonyl (C=O) groups is 1. The lowest BCUT2D eigenvalue weighted by Gasteiger charge is -2.22. The Balaban J connectivity index is 1.39. The van der Waals surface area contributed by atoms with E-state index < -0.39 is 0 Å². The molecule has 0 spiro atoms. The van der Waals surface area contributed by atoms with Crippen molar-refractivity contribution < 1.29 is 14.3 Å². The minimum Gasteiger partial charge on any atom is -0.497 e. The Morgan fingerprint density at radius 1 is 0.800 bits per heavy atom. The first-order chi connectivity index (χ1) is 19.7. The van der Waals surface area contributed by atoms with E-state index in [0.29, 0.717) is 6.42 Å². The van der Waals surface area contributed by atoms with Gasteiger partial charge in [-0.15, -0.1) is 0 Å². The van der Waals surface area contributed by atoms with Crippen molar-refractivity contribution in [3.8, 4) is 17.2 Å². The predicted octanol–water partition coefficient (Wildman–Crippen LogP) is 7.63. The molecule has 0 bridgehead atoms. The Kier molecular flexibility index (Phi) is 7.53. The molecule has 1 fully saturated rings. The Morgan fingerprint density at radius 3 is 2.30 bits per heavy atom. The molecular formula is C35H34N2O3. The molecule has 4 aromatic carbocycles. The number of hydrogen-bond acceptors (Lipinski definition) is 3. The van der Waals surface area contributed by atoms with Crippen molar-refractivity contribution in [2.24, 2.45) is 0 Å². The van der Waals surface area contributed by atoms with E-state index in [0.717, 1.165) is 66.4 Å². The van der Waals surface area contributed by atoms with Gasteiger partial charge in [0.25, 0.3) is 0 Å². The highest BCUT2D eigenvalue weighted by atomic mass is 16.5. The maximum atomic E-state index is 13.5. The maximum absolute atomic E-state index is 13.5. The van der Waals surface area contributed by atoms with Crippen molar-refractivity contribution in [3.63, 3.8) is 0 Å². The van der Waals surface area contributed by atoms with Crippen LogP contribution in [0.3, 0.4) is 0 Å². The number of hydrogen-bond donors (Lipinski definition) is 0. The van der Waals surface area contributed by atoms with E-state index in [9.17, 15) is 4.79 Å². The summed E-state index contributed by atoms with van der Waals surface area (Å²) < 4.78 is 13.8. The topological polar surface area (TPSA) is 43.7 Å². The molecule has 5 aromatic rings. The van der Waals surface area contributed by atoms with Gasteiger partial charge in [-0.05, 0) is 72.0 Å². The Hall–Kier alpha value is -4.51. The van der Waals surface area contributed by atoms with Crippen LogP contribution in [0, 0.1) is 0 Å². The van der Waals surface area contributed by atoms with Crippen molar-refractivity contribution in [1.29, 1.82) is 0 Å². The van der Waals surface area contributed by atoms with Gasteiger partial charge < -0.3 is 18.9 Å². The molecule has 5 heteroatoms. The first kappa shape index (κ1) is 25.8. The lowest BCUT2D eigenvalue weighted by Crippen LogP contribution is -2.29. The summed E-state index contributed by atoms with van der Waals surface area (Å²) in [5.41, 5.74) is 4.58. The third-order valence-electron chi connectivity index (χ3n) is 7.78. The maximum Gasteiger partial charge on any atom is 0.223 e. The third kappa shape index (κ3) is 5.59. The molecule has 0 unspecified atom stereocenters. The van der Waals surface area contributed by atoms with Crippen LogP contribution in [-0.4, -0.2) is 35.6 Å². The van der Waals surface area contributed by atoms with Gasteiger partial charge in [0.1, 0.15) is 17.2 Å². The van der Waals surface area contributed by atoms with Gasteiger partial charge in [0.05, 0.1) is 7.11 Å². The molecule has 0 aliphatic carbocycles. The normalized spacial score (nSPS) is 13.9. The van der Waals surface area contributed by atoms with Crippen molar-refractivity contribution in [2.75, 3.05) is 20.2 Å². The third-order valence-corrected chi connectivity index (χ3v) is 7.78. The Bertz CT molecular complexity index is 1580. The fourth-order valence-corrected chi connectivity index (χ4v) is 5.71. The summed E-state index contributed by atoms with van der Waals surface area (Å²) >= 11 is 0. The molecule has 0 saturated carbocycles. The van der Waals surface area contributed by atoms with Crippen LogP contribution in [0.25, 0.3) is 10.9 Å².